The molecule has 0 fully saturated rings. The van der Waals surface area contributed by atoms with Crippen LogP contribution in [0.25, 0.3) is 5.52 Å². The molecule has 56 valence electrons. The standard InChI is InChI=1S/C7H4Br2N2/c8-5-1-2-7(9)11-6(5)3-4-10-11/h1-4H. The van der Waals surface area contributed by atoms with Gasteiger partial charge in [0.1, 0.15) is 4.60 Å². The second kappa shape index (κ2) is 2.60. The van der Waals surface area contributed by atoms with E-state index in [1.54, 1.807) is 6.20 Å². The number of hydrogen-bond acceptors (Lipinski definition) is 1. The predicted molar refractivity (Wildman–Crippen MR) is 50.6 cm³/mol. The lowest BCUT2D eigenvalue weighted by Crippen LogP contribution is -1.88. The summed E-state index contributed by atoms with van der Waals surface area (Å²) in [7, 11) is 0. The first kappa shape index (κ1) is 7.31. The number of pyridine rings is 1. The summed E-state index contributed by atoms with van der Waals surface area (Å²) < 4.78 is 3.84. The van der Waals surface area contributed by atoms with Crippen LogP contribution in [0.3, 0.4) is 0 Å². The molecule has 0 N–H and O–H groups in total. The summed E-state index contributed by atoms with van der Waals surface area (Å²) in [6.07, 6.45) is 1.77. The summed E-state index contributed by atoms with van der Waals surface area (Å²) in [5, 5.41) is 4.12. The molecule has 0 aromatic carbocycles. The number of fused-ring (bicyclic) bond motifs is 1. The van der Waals surface area contributed by atoms with Crippen LogP contribution in [0.2, 0.25) is 0 Å². The molecule has 0 aliphatic heterocycles. The normalized spacial score (nSPS) is 10.7. The Balaban J connectivity index is 2.96. The van der Waals surface area contributed by atoms with Gasteiger partial charge in [0.25, 0.3) is 0 Å². The highest BCUT2D eigenvalue weighted by molar-refractivity contribution is 9.11. The molecule has 2 nitrogen and oxygen atoms in total. The molecule has 2 aromatic heterocycles. The molecule has 0 spiro atoms. The molecule has 0 amide bonds. The van der Waals surface area contributed by atoms with Gasteiger partial charge in [0, 0.05) is 4.47 Å². The third kappa shape index (κ3) is 1.10. The molecule has 2 rings (SSSR count). The second-order valence-corrected chi connectivity index (χ2v) is 3.80. The first-order chi connectivity index (χ1) is 5.29. The van der Waals surface area contributed by atoms with Crippen molar-refractivity contribution in [2.24, 2.45) is 0 Å². The van der Waals surface area contributed by atoms with Gasteiger partial charge in [0.05, 0.1) is 11.7 Å². The number of rotatable bonds is 0. The van der Waals surface area contributed by atoms with E-state index in [1.165, 1.54) is 0 Å². The van der Waals surface area contributed by atoms with Crippen LogP contribution >= 0.6 is 31.9 Å². The highest BCUT2D eigenvalue weighted by atomic mass is 79.9. The Morgan fingerprint density at radius 3 is 2.73 bits per heavy atom. The second-order valence-electron chi connectivity index (χ2n) is 2.13. The van der Waals surface area contributed by atoms with Gasteiger partial charge in [-0.25, -0.2) is 4.52 Å². The van der Waals surface area contributed by atoms with E-state index < -0.39 is 0 Å². The Morgan fingerprint density at radius 2 is 2.00 bits per heavy atom. The van der Waals surface area contributed by atoms with Crippen LogP contribution in [0, 0.1) is 0 Å². The van der Waals surface area contributed by atoms with E-state index in [1.807, 2.05) is 22.7 Å². The number of nitrogens with zero attached hydrogens (tertiary/aromatic N) is 2. The summed E-state index contributed by atoms with van der Waals surface area (Å²) in [5.41, 5.74) is 1.07. The third-order valence-corrected chi connectivity index (χ3v) is 2.73. The largest absolute Gasteiger partial charge is 0.226 e. The fraction of sp³-hybridized carbons (Fsp3) is 0. The van der Waals surface area contributed by atoms with Gasteiger partial charge in [0.2, 0.25) is 0 Å². The molecule has 0 saturated carbocycles. The van der Waals surface area contributed by atoms with Gasteiger partial charge in [-0.05, 0) is 50.1 Å². The number of hydrogen-bond donors (Lipinski definition) is 0. The van der Waals surface area contributed by atoms with Crippen molar-refractivity contribution < 1.29 is 0 Å². The minimum atomic E-state index is 0.959. The Hall–Kier alpha value is -0.350. The highest BCUT2D eigenvalue weighted by Crippen LogP contribution is 2.21. The van der Waals surface area contributed by atoms with Crippen LogP contribution in [-0.2, 0) is 0 Å². The van der Waals surface area contributed by atoms with E-state index in [2.05, 4.69) is 37.0 Å². The van der Waals surface area contributed by atoms with E-state index in [0.29, 0.717) is 0 Å². The summed E-state index contributed by atoms with van der Waals surface area (Å²) in [5.74, 6) is 0. The van der Waals surface area contributed by atoms with E-state index >= 15 is 0 Å². The molecule has 2 heterocycles. The summed E-state index contributed by atoms with van der Waals surface area (Å²) in [4.78, 5) is 0. The van der Waals surface area contributed by atoms with Gasteiger partial charge in [0.15, 0.2) is 0 Å². The molecular formula is C7H4Br2N2. The number of aromatic nitrogens is 2. The van der Waals surface area contributed by atoms with Crippen LogP contribution in [0.4, 0.5) is 0 Å². The molecule has 0 aliphatic carbocycles. The topological polar surface area (TPSA) is 17.3 Å². The van der Waals surface area contributed by atoms with Gasteiger partial charge >= 0.3 is 0 Å². The summed E-state index contributed by atoms with van der Waals surface area (Å²) in [6.45, 7) is 0. The van der Waals surface area contributed by atoms with E-state index in [-0.39, 0.29) is 0 Å². The van der Waals surface area contributed by atoms with Crippen molar-refractivity contribution in [3.05, 3.63) is 33.5 Å². The predicted octanol–water partition coefficient (Wildman–Crippen LogP) is 2.86. The molecule has 2 aromatic rings. The van der Waals surface area contributed by atoms with Gasteiger partial charge in [-0.1, -0.05) is 0 Å². The maximum atomic E-state index is 4.12. The van der Waals surface area contributed by atoms with Crippen molar-refractivity contribution in [3.8, 4) is 0 Å². The Labute approximate surface area is 80.5 Å². The van der Waals surface area contributed by atoms with E-state index in [4.69, 9.17) is 0 Å². The SMILES string of the molecule is Brc1ccc(Br)n2nccc12. The molecule has 4 heteroatoms. The maximum absolute atomic E-state index is 4.12. The fourth-order valence-electron chi connectivity index (χ4n) is 0.952. The zero-order valence-corrected chi connectivity index (χ0v) is 8.63. The van der Waals surface area contributed by atoms with Crippen molar-refractivity contribution in [1.29, 1.82) is 0 Å². The van der Waals surface area contributed by atoms with Crippen LogP contribution < -0.4 is 0 Å². The van der Waals surface area contributed by atoms with Gasteiger partial charge in [-0.2, -0.15) is 5.10 Å². The number of halogens is 2. The van der Waals surface area contributed by atoms with Gasteiger partial charge in [-0.3, -0.25) is 0 Å². The maximum Gasteiger partial charge on any atom is 0.108 e. The van der Waals surface area contributed by atoms with Crippen molar-refractivity contribution in [1.82, 2.24) is 9.61 Å². The lowest BCUT2D eigenvalue weighted by atomic mass is 10.4. The van der Waals surface area contributed by atoms with Gasteiger partial charge < -0.3 is 0 Å². The molecule has 0 bridgehead atoms. The zero-order chi connectivity index (χ0) is 7.84. The molecule has 0 aliphatic rings. The van der Waals surface area contributed by atoms with Crippen LogP contribution in [0.15, 0.2) is 33.5 Å². The lowest BCUT2D eigenvalue weighted by Gasteiger charge is -1.97. The first-order valence-corrected chi connectivity index (χ1v) is 4.65. The fourth-order valence-corrected chi connectivity index (χ4v) is 1.80. The van der Waals surface area contributed by atoms with Crippen molar-refractivity contribution >= 4 is 37.4 Å². The molecular weight excluding hydrogens is 272 g/mol. The first-order valence-electron chi connectivity index (χ1n) is 3.07. The van der Waals surface area contributed by atoms with Gasteiger partial charge in [-0.15, -0.1) is 0 Å². The average Bonchev–Trinajstić information content (AvgIpc) is 2.45. The Morgan fingerprint density at radius 1 is 1.18 bits per heavy atom. The molecule has 0 atom stereocenters. The molecule has 0 saturated heterocycles. The average molecular weight is 276 g/mol. The smallest absolute Gasteiger partial charge is 0.108 e. The van der Waals surface area contributed by atoms with Crippen LogP contribution in [0.5, 0.6) is 0 Å². The molecule has 11 heavy (non-hydrogen) atoms. The summed E-state index contributed by atoms with van der Waals surface area (Å²) >= 11 is 6.82. The van der Waals surface area contributed by atoms with Crippen LogP contribution in [-0.4, -0.2) is 9.61 Å². The molecule has 0 unspecified atom stereocenters. The quantitative estimate of drug-likeness (QED) is 0.676. The monoisotopic (exact) mass is 274 g/mol. The third-order valence-electron chi connectivity index (χ3n) is 1.46. The van der Waals surface area contributed by atoms with Crippen molar-refractivity contribution in [2.45, 2.75) is 0 Å². The lowest BCUT2D eigenvalue weighted by molar-refractivity contribution is 0.933. The van der Waals surface area contributed by atoms with E-state index in [9.17, 15) is 0 Å². The Bertz CT molecular complexity index is 358. The summed E-state index contributed by atoms with van der Waals surface area (Å²) in [6, 6.07) is 5.89. The molecule has 0 radical (unpaired) electrons. The Kier molecular flexibility index (Phi) is 1.73. The minimum absolute atomic E-state index is 0.959. The zero-order valence-electron chi connectivity index (χ0n) is 5.46. The minimum Gasteiger partial charge on any atom is -0.226 e. The highest BCUT2D eigenvalue weighted by Gasteiger charge is 2.00. The van der Waals surface area contributed by atoms with Crippen molar-refractivity contribution in [3.63, 3.8) is 0 Å². The van der Waals surface area contributed by atoms with Crippen molar-refractivity contribution in [2.75, 3.05) is 0 Å². The van der Waals surface area contributed by atoms with Crippen LogP contribution in [0.1, 0.15) is 0 Å². The van der Waals surface area contributed by atoms with E-state index in [0.717, 1.165) is 14.6 Å².